The quantitative estimate of drug-likeness (QED) is 0.793. The van der Waals surface area contributed by atoms with Gasteiger partial charge in [0.1, 0.15) is 10.6 Å². The van der Waals surface area contributed by atoms with E-state index in [1.807, 2.05) is 0 Å². The normalized spacial score (nSPS) is 14.7. The van der Waals surface area contributed by atoms with E-state index in [-0.39, 0.29) is 35.8 Å². The number of fused-ring (bicyclic) bond motifs is 1. The highest BCUT2D eigenvalue weighted by atomic mass is 35.5. The Labute approximate surface area is 161 Å². The number of anilines is 1. The molecule has 0 bridgehead atoms. The van der Waals surface area contributed by atoms with Crippen LogP contribution >= 0.6 is 11.6 Å². The van der Waals surface area contributed by atoms with Gasteiger partial charge in [-0.05, 0) is 36.8 Å². The molecule has 0 atom stereocenters. The second-order valence-corrected chi connectivity index (χ2v) is 8.12. The van der Waals surface area contributed by atoms with Gasteiger partial charge in [0.15, 0.2) is 0 Å². The molecule has 1 heterocycles. The number of nitrogens with one attached hydrogen (secondary N) is 1. The standard InChI is InChI=1S/C18H17ClN2O5S/c1-26-15-9-8-12(11-14(15)19)20-17(22)7-4-10-21-18(23)13-5-2-3-6-16(13)27(21,24)25/h2-3,5-6,8-9,11H,4,7,10H2,1H3,(H,20,22). The zero-order chi connectivity index (χ0) is 19.6. The van der Waals surface area contributed by atoms with Crippen molar-refractivity contribution in [2.24, 2.45) is 0 Å². The van der Waals surface area contributed by atoms with Crippen molar-refractivity contribution in [3.05, 3.63) is 53.1 Å². The summed E-state index contributed by atoms with van der Waals surface area (Å²) >= 11 is 6.01. The van der Waals surface area contributed by atoms with Gasteiger partial charge in [-0.3, -0.25) is 9.59 Å². The number of halogens is 1. The molecule has 0 saturated carbocycles. The summed E-state index contributed by atoms with van der Waals surface area (Å²) in [7, 11) is -2.35. The molecule has 142 valence electrons. The summed E-state index contributed by atoms with van der Waals surface area (Å²) in [5, 5.41) is 3.04. The van der Waals surface area contributed by atoms with Gasteiger partial charge in [-0.2, -0.15) is 0 Å². The molecule has 1 N–H and O–H groups in total. The highest BCUT2D eigenvalue weighted by Gasteiger charge is 2.40. The molecule has 2 amide bonds. The lowest BCUT2D eigenvalue weighted by atomic mass is 10.2. The predicted octanol–water partition coefficient (Wildman–Crippen LogP) is 2.91. The van der Waals surface area contributed by atoms with Crippen LogP contribution in [0.25, 0.3) is 0 Å². The number of carbonyl (C=O) groups is 2. The van der Waals surface area contributed by atoms with Gasteiger partial charge in [-0.1, -0.05) is 23.7 Å². The molecule has 1 aliphatic rings. The summed E-state index contributed by atoms with van der Waals surface area (Å²) < 4.78 is 30.7. The van der Waals surface area contributed by atoms with Gasteiger partial charge < -0.3 is 10.1 Å². The molecular weight excluding hydrogens is 392 g/mol. The van der Waals surface area contributed by atoms with Gasteiger partial charge in [-0.15, -0.1) is 0 Å². The average molecular weight is 409 g/mol. The smallest absolute Gasteiger partial charge is 0.269 e. The molecule has 3 rings (SSSR count). The lowest BCUT2D eigenvalue weighted by molar-refractivity contribution is -0.116. The van der Waals surface area contributed by atoms with E-state index < -0.39 is 15.9 Å². The Balaban J connectivity index is 1.58. The Morgan fingerprint density at radius 2 is 1.96 bits per heavy atom. The van der Waals surface area contributed by atoms with E-state index in [1.54, 1.807) is 30.3 Å². The number of sulfonamides is 1. The number of ether oxygens (including phenoxy) is 1. The fourth-order valence-corrected chi connectivity index (χ4v) is 4.67. The fraction of sp³-hybridized carbons (Fsp3) is 0.222. The minimum absolute atomic E-state index is 0.00678. The van der Waals surface area contributed by atoms with Crippen LogP contribution in [0.4, 0.5) is 5.69 Å². The molecule has 2 aromatic carbocycles. The third-order valence-corrected chi connectivity index (χ3v) is 6.25. The first-order valence-electron chi connectivity index (χ1n) is 8.14. The van der Waals surface area contributed by atoms with Gasteiger partial charge in [0.25, 0.3) is 15.9 Å². The maximum Gasteiger partial charge on any atom is 0.269 e. The molecule has 0 radical (unpaired) electrons. The number of hydrogen-bond acceptors (Lipinski definition) is 5. The molecule has 0 spiro atoms. The van der Waals surface area contributed by atoms with Crippen LogP contribution in [-0.2, 0) is 14.8 Å². The lowest BCUT2D eigenvalue weighted by Crippen LogP contribution is -2.31. The number of benzene rings is 2. The lowest BCUT2D eigenvalue weighted by Gasteiger charge is -2.14. The van der Waals surface area contributed by atoms with Crippen molar-refractivity contribution in [3.63, 3.8) is 0 Å². The zero-order valence-corrected chi connectivity index (χ0v) is 16.0. The minimum Gasteiger partial charge on any atom is -0.495 e. The van der Waals surface area contributed by atoms with E-state index in [0.717, 1.165) is 4.31 Å². The predicted molar refractivity (Wildman–Crippen MR) is 101 cm³/mol. The summed E-state index contributed by atoms with van der Waals surface area (Å²) in [6.07, 6.45) is 0.258. The van der Waals surface area contributed by atoms with Crippen LogP contribution < -0.4 is 10.1 Å². The SMILES string of the molecule is COc1ccc(NC(=O)CCCN2C(=O)c3ccccc3S2(=O)=O)cc1Cl. The Morgan fingerprint density at radius 1 is 1.22 bits per heavy atom. The Hall–Kier alpha value is -2.58. The van der Waals surface area contributed by atoms with Gasteiger partial charge in [-0.25, -0.2) is 12.7 Å². The second kappa shape index (κ2) is 7.58. The van der Waals surface area contributed by atoms with Crippen molar-refractivity contribution < 1.29 is 22.7 Å². The monoisotopic (exact) mass is 408 g/mol. The first-order chi connectivity index (χ1) is 12.8. The zero-order valence-electron chi connectivity index (χ0n) is 14.4. The van der Waals surface area contributed by atoms with Crippen LogP contribution in [0, 0.1) is 0 Å². The van der Waals surface area contributed by atoms with Gasteiger partial charge in [0, 0.05) is 18.7 Å². The molecule has 0 saturated heterocycles. The maximum absolute atomic E-state index is 12.4. The molecule has 1 aliphatic heterocycles. The van der Waals surface area contributed by atoms with Crippen LogP contribution in [-0.4, -0.2) is 38.2 Å². The van der Waals surface area contributed by atoms with E-state index in [1.165, 1.54) is 19.2 Å². The third-order valence-electron chi connectivity index (χ3n) is 4.11. The van der Waals surface area contributed by atoms with Crippen LogP contribution in [0.1, 0.15) is 23.2 Å². The number of methoxy groups -OCH3 is 1. The molecule has 27 heavy (non-hydrogen) atoms. The summed E-state index contributed by atoms with van der Waals surface area (Å²) in [5.41, 5.74) is 0.665. The van der Waals surface area contributed by atoms with Gasteiger partial charge in [0.05, 0.1) is 17.7 Å². The Bertz CT molecular complexity index is 1010. The van der Waals surface area contributed by atoms with Crippen molar-refractivity contribution in [1.82, 2.24) is 4.31 Å². The van der Waals surface area contributed by atoms with Crippen LogP contribution in [0.2, 0.25) is 5.02 Å². The van der Waals surface area contributed by atoms with Crippen molar-refractivity contribution in [3.8, 4) is 5.75 Å². The molecule has 0 fully saturated rings. The van der Waals surface area contributed by atoms with E-state index in [9.17, 15) is 18.0 Å². The maximum atomic E-state index is 12.4. The molecular formula is C18H17ClN2O5S. The minimum atomic E-state index is -3.84. The van der Waals surface area contributed by atoms with E-state index >= 15 is 0 Å². The highest BCUT2D eigenvalue weighted by molar-refractivity contribution is 7.90. The van der Waals surface area contributed by atoms with E-state index in [0.29, 0.717) is 16.5 Å². The molecule has 0 unspecified atom stereocenters. The van der Waals surface area contributed by atoms with Crippen molar-refractivity contribution in [2.45, 2.75) is 17.7 Å². The van der Waals surface area contributed by atoms with E-state index in [4.69, 9.17) is 16.3 Å². The molecule has 9 heteroatoms. The second-order valence-electron chi connectivity index (χ2n) is 5.88. The van der Waals surface area contributed by atoms with Crippen LogP contribution in [0.15, 0.2) is 47.4 Å². The van der Waals surface area contributed by atoms with Crippen molar-refractivity contribution in [2.75, 3.05) is 19.0 Å². The molecule has 0 aromatic heterocycles. The summed E-state index contributed by atoms with van der Waals surface area (Å²) in [5.74, 6) is -0.377. The molecule has 7 nitrogen and oxygen atoms in total. The molecule has 0 aliphatic carbocycles. The number of amides is 2. The first-order valence-corrected chi connectivity index (χ1v) is 9.96. The van der Waals surface area contributed by atoms with Crippen molar-refractivity contribution >= 4 is 39.1 Å². The number of nitrogens with zero attached hydrogens (tertiary/aromatic N) is 1. The first kappa shape index (κ1) is 19.2. The van der Waals surface area contributed by atoms with Gasteiger partial charge in [0.2, 0.25) is 5.91 Å². The summed E-state index contributed by atoms with van der Waals surface area (Å²) in [6.45, 7) is -0.0629. The van der Waals surface area contributed by atoms with Crippen LogP contribution in [0.3, 0.4) is 0 Å². The third kappa shape index (κ3) is 3.77. The van der Waals surface area contributed by atoms with E-state index in [2.05, 4.69) is 5.32 Å². The van der Waals surface area contributed by atoms with Crippen LogP contribution in [0.5, 0.6) is 5.75 Å². The number of hydrogen-bond donors (Lipinski definition) is 1. The van der Waals surface area contributed by atoms with Gasteiger partial charge >= 0.3 is 0 Å². The largest absolute Gasteiger partial charge is 0.495 e. The summed E-state index contributed by atoms with van der Waals surface area (Å²) in [6, 6.07) is 10.9. The Morgan fingerprint density at radius 3 is 2.63 bits per heavy atom. The summed E-state index contributed by atoms with van der Waals surface area (Å²) in [4.78, 5) is 24.4. The number of carbonyl (C=O) groups excluding carboxylic acids is 2. The highest BCUT2D eigenvalue weighted by Crippen LogP contribution is 2.30. The van der Waals surface area contributed by atoms with Crippen molar-refractivity contribution in [1.29, 1.82) is 0 Å². The topological polar surface area (TPSA) is 92.8 Å². The Kier molecular flexibility index (Phi) is 5.38. The fourth-order valence-electron chi connectivity index (χ4n) is 2.80. The average Bonchev–Trinajstić information content (AvgIpc) is 2.83. The number of rotatable bonds is 6. The molecule has 2 aromatic rings.